The number of benzene rings is 1. The lowest BCUT2D eigenvalue weighted by molar-refractivity contribution is 0.308. The number of ether oxygens (including phenoxy) is 1. The van der Waals surface area contributed by atoms with Crippen molar-refractivity contribution in [1.82, 2.24) is 5.32 Å². The second-order valence-corrected chi connectivity index (χ2v) is 5.48. The highest BCUT2D eigenvalue weighted by atomic mass is 19.1. The van der Waals surface area contributed by atoms with E-state index in [-0.39, 0.29) is 17.3 Å². The Labute approximate surface area is 110 Å². The van der Waals surface area contributed by atoms with Gasteiger partial charge in [0.05, 0.1) is 7.11 Å². The standard InChI is InChI=1S/C15H24FNO/c1-6-15(3,4)10-17-11(2)14-12(16)8-7-9-13(14)18-5/h7-9,11,17H,6,10H2,1-5H3. The summed E-state index contributed by atoms with van der Waals surface area (Å²) in [6, 6.07) is 4.87. The lowest BCUT2D eigenvalue weighted by Gasteiger charge is -2.26. The normalized spacial score (nSPS) is 13.4. The van der Waals surface area contributed by atoms with E-state index in [0.717, 1.165) is 13.0 Å². The SMILES string of the molecule is CCC(C)(C)CNC(C)c1c(F)cccc1OC. The van der Waals surface area contributed by atoms with E-state index in [1.54, 1.807) is 19.2 Å². The van der Waals surface area contributed by atoms with Crippen molar-refractivity contribution in [3.63, 3.8) is 0 Å². The largest absolute Gasteiger partial charge is 0.496 e. The van der Waals surface area contributed by atoms with Gasteiger partial charge in [0.1, 0.15) is 11.6 Å². The van der Waals surface area contributed by atoms with E-state index in [2.05, 4.69) is 26.1 Å². The van der Waals surface area contributed by atoms with Crippen molar-refractivity contribution >= 4 is 0 Å². The monoisotopic (exact) mass is 253 g/mol. The molecule has 1 aromatic carbocycles. The summed E-state index contributed by atoms with van der Waals surface area (Å²) in [4.78, 5) is 0. The highest BCUT2D eigenvalue weighted by molar-refractivity contribution is 5.36. The molecule has 0 amide bonds. The Bertz CT molecular complexity index is 390. The Morgan fingerprint density at radius 3 is 2.61 bits per heavy atom. The van der Waals surface area contributed by atoms with Crippen LogP contribution >= 0.6 is 0 Å². The smallest absolute Gasteiger partial charge is 0.131 e. The van der Waals surface area contributed by atoms with E-state index in [1.807, 2.05) is 6.92 Å². The van der Waals surface area contributed by atoms with Crippen LogP contribution in [0.5, 0.6) is 5.75 Å². The van der Waals surface area contributed by atoms with Crippen LogP contribution in [0.4, 0.5) is 4.39 Å². The first kappa shape index (κ1) is 15.0. The number of nitrogens with one attached hydrogen (secondary N) is 1. The fraction of sp³-hybridized carbons (Fsp3) is 0.600. The van der Waals surface area contributed by atoms with Gasteiger partial charge in [0.15, 0.2) is 0 Å². The van der Waals surface area contributed by atoms with Gasteiger partial charge in [-0.15, -0.1) is 0 Å². The number of hydrogen-bond donors (Lipinski definition) is 1. The predicted octanol–water partition coefficient (Wildman–Crippen LogP) is 3.92. The average Bonchev–Trinajstić information content (AvgIpc) is 2.35. The number of methoxy groups -OCH3 is 1. The Morgan fingerprint density at radius 2 is 2.06 bits per heavy atom. The molecule has 0 saturated carbocycles. The van der Waals surface area contributed by atoms with Crippen molar-refractivity contribution in [2.24, 2.45) is 5.41 Å². The molecule has 0 saturated heterocycles. The number of halogens is 1. The first-order valence-electron chi connectivity index (χ1n) is 6.47. The first-order valence-corrected chi connectivity index (χ1v) is 6.47. The van der Waals surface area contributed by atoms with Crippen molar-refractivity contribution < 1.29 is 9.13 Å². The van der Waals surface area contributed by atoms with Crippen LogP contribution < -0.4 is 10.1 Å². The van der Waals surface area contributed by atoms with E-state index in [9.17, 15) is 4.39 Å². The molecule has 0 spiro atoms. The molecule has 1 rings (SSSR count). The minimum atomic E-state index is -0.219. The van der Waals surface area contributed by atoms with Crippen LogP contribution in [0.3, 0.4) is 0 Å². The summed E-state index contributed by atoms with van der Waals surface area (Å²) in [5.41, 5.74) is 0.819. The second kappa shape index (κ2) is 6.19. The minimum Gasteiger partial charge on any atom is -0.496 e. The quantitative estimate of drug-likeness (QED) is 0.829. The molecule has 1 aromatic rings. The van der Waals surface area contributed by atoms with Gasteiger partial charge in [0.2, 0.25) is 0 Å². The molecule has 1 unspecified atom stereocenters. The lowest BCUT2D eigenvalue weighted by atomic mass is 9.90. The summed E-state index contributed by atoms with van der Waals surface area (Å²) in [6.07, 6.45) is 1.08. The Morgan fingerprint density at radius 1 is 1.39 bits per heavy atom. The van der Waals surface area contributed by atoms with Crippen molar-refractivity contribution in [3.05, 3.63) is 29.6 Å². The Kier molecular flexibility index (Phi) is 5.15. The summed E-state index contributed by atoms with van der Waals surface area (Å²) in [5.74, 6) is 0.382. The summed E-state index contributed by atoms with van der Waals surface area (Å²) in [6.45, 7) is 9.38. The topological polar surface area (TPSA) is 21.3 Å². The average molecular weight is 253 g/mol. The molecule has 0 aliphatic rings. The van der Waals surface area contributed by atoms with E-state index in [1.165, 1.54) is 6.07 Å². The number of hydrogen-bond acceptors (Lipinski definition) is 2. The van der Waals surface area contributed by atoms with Crippen molar-refractivity contribution in [1.29, 1.82) is 0 Å². The van der Waals surface area contributed by atoms with Crippen LogP contribution in [0.2, 0.25) is 0 Å². The van der Waals surface area contributed by atoms with E-state index >= 15 is 0 Å². The van der Waals surface area contributed by atoms with E-state index < -0.39 is 0 Å². The van der Waals surface area contributed by atoms with Crippen LogP contribution in [-0.4, -0.2) is 13.7 Å². The van der Waals surface area contributed by atoms with Crippen molar-refractivity contribution in [2.75, 3.05) is 13.7 Å². The van der Waals surface area contributed by atoms with Gasteiger partial charge in [-0.05, 0) is 30.9 Å². The molecule has 0 aliphatic carbocycles. The number of rotatable bonds is 6. The maximum Gasteiger partial charge on any atom is 0.131 e. The molecule has 2 nitrogen and oxygen atoms in total. The summed E-state index contributed by atoms with van der Waals surface area (Å²) < 4.78 is 19.1. The van der Waals surface area contributed by atoms with Gasteiger partial charge < -0.3 is 10.1 Å². The zero-order chi connectivity index (χ0) is 13.8. The van der Waals surface area contributed by atoms with Crippen LogP contribution in [0.15, 0.2) is 18.2 Å². The predicted molar refractivity (Wildman–Crippen MR) is 73.4 cm³/mol. The second-order valence-electron chi connectivity index (χ2n) is 5.48. The maximum absolute atomic E-state index is 13.9. The summed E-state index contributed by atoms with van der Waals surface area (Å²) in [7, 11) is 1.57. The zero-order valence-electron chi connectivity index (χ0n) is 12.0. The third kappa shape index (κ3) is 3.70. The Balaban J connectivity index is 2.81. The molecule has 3 heteroatoms. The van der Waals surface area contributed by atoms with E-state index in [4.69, 9.17) is 4.74 Å². The Hall–Kier alpha value is -1.09. The van der Waals surface area contributed by atoms with Gasteiger partial charge in [0, 0.05) is 18.2 Å². The van der Waals surface area contributed by atoms with Crippen LogP contribution in [0.1, 0.15) is 45.7 Å². The maximum atomic E-state index is 13.9. The molecule has 1 atom stereocenters. The van der Waals surface area contributed by atoms with Crippen LogP contribution in [0.25, 0.3) is 0 Å². The molecule has 0 aliphatic heterocycles. The molecule has 18 heavy (non-hydrogen) atoms. The van der Waals surface area contributed by atoms with Gasteiger partial charge in [0.25, 0.3) is 0 Å². The lowest BCUT2D eigenvalue weighted by Crippen LogP contribution is -2.31. The molecule has 0 heterocycles. The van der Waals surface area contributed by atoms with Crippen LogP contribution in [-0.2, 0) is 0 Å². The first-order chi connectivity index (χ1) is 8.41. The molecule has 0 aromatic heterocycles. The molecule has 1 N–H and O–H groups in total. The van der Waals surface area contributed by atoms with E-state index in [0.29, 0.717) is 11.3 Å². The molecule has 0 radical (unpaired) electrons. The molecule has 0 bridgehead atoms. The summed E-state index contributed by atoms with van der Waals surface area (Å²) in [5, 5.41) is 3.39. The van der Waals surface area contributed by atoms with Gasteiger partial charge >= 0.3 is 0 Å². The molecule has 0 fully saturated rings. The van der Waals surface area contributed by atoms with Gasteiger partial charge in [-0.3, -0.25) is 0 Å². The fourth-order valence-corrected chi connectivity index (χ4v) is 1.77. The van der Waals surface area contributed by atoms with Gasteiger partial charge in [-0.2, -0.15) is 0 Å². The van der Waals surface area contributed by atoms with Crippen molar-refractivity contribution in [2.45, 2.75) is 40.2 Å². The fourth-order valence-electron chi connectivity index (χ4n) is 1.77. The minimum absolute atomic E-state index is 0.0630. The van der Waals surface area contributed by atoms with Crippen LogP contribution in [0, 0.1) is 11.2 Å². The molecule has 102 valence electrons. The third-order valence-corrected chi connectivity index (χ3v) is 3.51. The zero-order valence-corrected chi connectivity index (χ0v) is 12.0. The highest BCUT2D eigenvalue weighted by Crippen LogP contribution is 2.28. The molecular weight excluding hydrogens is 229 g/mol. The van der Waals surface area contributed by atoms with Crippen molar-refractivity contribution in [3.8, 4) is 5.75 Å². The molecular formula is C15H24FNO. The van der Waals surface area contributed by atoms with Gasteiger partial charge in [-0.25, -0.2) is 4.39 Å². The highest BCUT2D eigenvalue weighted by Gasteiger charge is 2.20. The third-order valence-electron chi connectivity index (χ3n) is 3.51. The van der Waals surface area contributed by atoms with Gasteiger partial charge in [-0.1, -0.05) is 26.8 Å². The summed E-state index contributed by atoms with van der Waals surface area (Å²) >= 11 is 0.